The van der Waals surface area contributed by atoms with Gasteiger partial charge in [-0.2, -0.15) is 13.2 Å². The lowest BCUT2D eigenvalue weighted by Gasteiger charge is -2.26. The van der Waals surface area contributed by atoms with Crippen molar-refractivity contribution in [3.63, 3.8) is 0 Å². The monoisotopic (exact) mass is 433 g/mol. The van der Waals surface area contributed by atoms with Gasteiger partial charge < -0.3 is 10.5 Å². The fraction of sp³-hybridized carbons (Fsp3) is 0.381. The van der Waals surface area contributed by atoms with E-state index in [9.17, 15) is 18.0 Å². The molecule has 0 amide bonds. The average Bonchev–Trinajstić information content (AvgIpc) is 3.02. The van der Waals surface area contributed by atoms with Gasteiger partial charge >= 0.3 is 11.9 Å². The molecule has 2 N–H and O–H groups in total. The predicted molar refractivity (Wildman–Crippen MR) is 110 cm³/mol. The van der Waals surface area contributed by atoms with Gasteiger partial charge in [0.15, 0.2) is 5.65 Å². The third-order valence-corrected chi connectivity index (χ3v) is 5.12. The number of aryl methyl sites for hydroxylation is 1. The summed E-state index contributed by atoms with van der Waals surface area (Å²) in [7, 11) is 0. The Morgan fingerprint density at radius 2 is 1.94 bits per heavy atom. The minimum Gasteiger partial charge on any atom is -0.371 e. The van der Waals surface area contributed by atoms with Crippen molar-refractivity contribution < 1.29 is 17.9 Å². The van der Waals surface area contributed by atoms with Crippen molar-refractivity contribution in [1.82, 2.24) is 19.2 Å². The van der Waals surface area contributed by atoms with E-state index >= 15 is 0 Å². The van der Waals surface area contributed by atoms with Gasteiger partial charge in [0.05, 0.1) is 30.9 Å². The SMILES string of the molecule is CC1C=C(c2c(-c3ccccc3)nc(N)n3c(=O)n(CCC(F)(F)F)nc23)CC(C)O1. The Bertz CT molecular complexity index is 1200. The van der Waals surface area contributed by atoms with Crippen molar-refractivity contribution in [3.8, 4) is 11.3 Å². The standard InChI is InChI=1S/C21H22F3N5O2/c1-12-10-15(11-13(2)31-12)16-17(14-6-4-3-5-7-14)26-19(25)29-18(16)27-28(20(29)30)9-8-21(22,23)24/h3-7,10,12-13H,8-9,11H2,1-2H3,(H2,25,26). The van der Waals surface area contributed by atoms with E-state index in [0.29, 0.717) is 17.7 Å². The minimum absolute atomic E-state index is 0.0877. The molecule has 0 saturated heterocycles. The summed E-state index contributed by atoms with van der Waals surface area (Å²) in [4.78, 5) is 17.3. The Morgan fingerprint density at radius 1 is 1.23 bits per heavy atom. The van der Waals surface area contributed by atoms with Crippen molar-refractivity contribution in [3.05, 3.63) is 52.5 Å². The highest BCUT2D eigenvalue weighted by Crippen LogP contribution is 2.36. The van der Waals surface area contributed by atoms with Crippen LogP contribution in [0.2, 0.25) is 0 Å². The van der Waals surface area contributed by atoms with Crippen LogP contribution in [0, 0.1) is 0 Å². The van der Waals surface area contributed by atoms with E-state index in [-0.39, 0.29) is 23.8 Å². The third kappa shape index (κ3) is 4.20. The number of alkyl halides is 3. The molecule has 0 aliphatic carbocycles. The Morgan fingerprint density at radius 3 is 2.58 bits per heavy atom. The van der Waals surface area contributed by atoms with Gasteiger partial charge in [-0.15, -0.1) is 5.10 Å². The first-order valence-electron chi connectivity index (χ1n) is 9.92. The molecule has 31 heavy (non-hydrogen) atoms. The van der Waals surface area contributed by atoms with Crippen LogP contribution in [0.1, 0.15) is 32.3 Å². The van der Waals surface area contributed by atoms with Crippen molar-refractivity contribution in [2.45, 2.75) is 51.6 Å². The summed E-state index contributed by atoms with van der Waals surface area (Å²) >= 11 is 0. The zero-order chi connectivity index (χ0) is 22.3. The van der Waals surface area contributed by atoms with E-state index in [1.165, 1.54) is 0 Å². The van der Waals surface area contributed by atoms with E-state index in [2.05, 4.69) is 10.1 Å². The third-order valence-electron chi connectivity index (χ3n) is 5.12. The number of ether oxygens (including phenoxy) is 1. The van der Waals surface area contributed by atoms with E-state index in [1.54, 1.807) is 0 Å². The maximum atomic E-state index is 12.8. The molecule has 7 nitrogen and oxygen atoms in total. The molecule has 0 fully saturated rings. The Balaban J connectivity index is 1.99. The van der Waals surface area contributed by atoms with Gasteiger partial charge in [-0.1, -0.05) is 36.4 Å². The minimum atomic E-state index is -4.41. The molecule has 2 aromatic heterocycles. The molecule has 0 spiro atoms. The molecular formula is C21H22F3N5O2. The van der Waals surface area contributed by atoms with Gasteiger partial charge in [-0.05, 0) is 25.8 Å². The highest BCUT2D eigenvalue weighted by Gasteiger charge is 2.29. The molecule has 2 unspecified atom stereocenters. The van der Waals surface area contributed by atoms with Gasteiger partial charge in [0.25, 0.3) is 0 Å². The first-order valence-corrected chi connectivity index (χ1v) is 9.92. The number of halogens is 3. The maximum absolute atomic E-state index is 12.8. The summed E-state index contributed by atoms with van der Waals surface area (Å²) in [5, 5.41) is 4.25. The van der Waals surface area contributed by atoms with Crippen LogP contribution >= 0.6 is 0 Å². The van der Waals surface area contributed by atoms with Gasteiger partial charge in [0.1, 0.15) is 0 Å². The number of hydrogen-bond acceptors (Lipinski definition) is 5. The van der Waals surface area contributed by atoms with Crippen LogP contribution in [0.5, 0.6) is 0 Å². The molecular weight excluding hydrogens is 411 g/mol. The number of aromatic nitrogens is 4. The van der Waals surface area contributed by atoms with E-state index in [4.69, 9.17) is 10.5 Å². The zero-order valence-electron chi connectivity index (χ0n) is 17.1. The summed E-state index contributed by atoms with van der Waals surface area (Å²) in [6.07, 6.45) is -3.40. The summed E-state index contributed by atoms with van der Waals surface area (Å²) in [5.41, 5.74) is 8.22. The Hall–Kier alpha value is -3.14. The van der Waals surface area contributed by atoms with Gasteiger partial charge in [0.2, 0.25) is 5.95 Å². The molecule has 1 aliphatic heterocycles. The van der Waals surface area contributed by atoms with Crippen LogP contribution in [-0.4, -0.2) is 37.5 Å². The topological polar surface area (TPSA) is 87.4 Å². The van der Waals surface area contributed by atoms with E-state index < -0.39 is 24.8 Å². The summed E-state index contributed by atoms with van der Waals surface area (Å²) in [5.74, 6) is -0.130. The second-order valence-electron chi connectivity index (χ2n) is 7.64. The lowest BCUT2D eigenvalue weighted by molar-refractivity contribution is -0.137. The quantitative estimate of drug-likeness (QED) is 0.678. The largest absolute Gasteiger partial charge is 0.390 e. The molecule has 4 rings (SSSR count). The van der Waals surface area contributed by atoms with Crippen LogP contribution < -0.4 is 11.4 Å². The van der Waals surface area contributed by atoms with Gasteiger partial charge in [-0.25, -0.2) is 18.9 Å². The number of fused-ring (bicyclic) bond motifs is 1. The maximum Gasteiger partial charge on any atom is 0.390 e. The molecule has 3 aromatic rings. The first-order chi connectivity index (χ1) is 14.6. The normalized spacial score (nSPS) is 19.6. The Kier molecular flexibility index (Phi) is 5.34. The molecule has 0 radical (unpaired) electrons. The lowest BCUT2D eigenvalue weighted by Crippen LogP contribution is -2.25. The summed E-state index contributed by atoms with van der Waals surface area (Å²) in [6.45, 7) is 3.23. The number of nitrogen functional groups attached to an aromatic ring is 1. The molecule has 1 aliphatic rings. The van der Waals surface area contributed by atoms with Crippen molar-refractivity contribution in [2.75, 3.05) is 5.73 Å². The van der Waals surface area contributed by atoms with E-state index in [0.717, 1.165) is 20.2 Å². The number of nitrogens with two attached hydrogens (primary N) is 1. The molecule has 3 heterocycles. The number of hydrogen-bond donors (Lipinski definition) is 1. The highest BCUT2D eigenvalue weighted by molar-refractivity contribution is 5.87. The van der Waals surface area contributed by atoms with Crippen LogP contribution in [0.3, 0.4) is 0 Å². The number of anilines is 1. The molecule has 0 bridgehead atoms. The zero-order valence-corrected chi connectivity index (χ0v) is 17.1. The van der Waals surface area contributed by atoms with Crippen LogP contribution in [0.15, 0.2) is 41.2 Å². The van der Waals surface area contributed by atoms with Crippen molar-refractivity contribution in [1.29, 1.82) is 0 Å². The summed E-state index contributed by atoms with van der Waals surface area (Å²) in [6, 6.07) is 9.26. The van der Waals surface area contributed by atoms with Crippen molar-refractivity contribution in [2.24, 2.45) is 0 Å². The smallest absolute Gasteiger partial charge is 0.371 e. The van der Waals surface area contributed by atoms with Crippen molar-refractivity contribution >= 4 is 17.2 Å². The number of benzene rings is 1. The van der Waals surface area contributed by atoms with Crippen LogP contribution in [0.25, 0.3) is 22.5 Å². The molecule has 164 valence electrons. The Labute approximate surface area is 176 Å². The molecule has 0 saturated carbocycles. The number of rotatable bonds is 4. The molecule has 2 atom stereocenters. The number of nitrogens with zero attached hydrogens (tertiary/aromatic N) is 4. The van der Waals surface area contributed by atoms with Crippen LogP contribution in [0.4, 0.5) is 19.1 Å². The molecule has 1 aromatic carbocycles. The second-order valence-corrected chi connectivity index (χ2v) is 7.64. The fourth-order valence-corrected chi connectivity index (χ4v) is 3.88. The average molecular weight is 433 g/mol. The van der Waals surface area contributed by atoms with Gasteiger partial charge in [0, 0.05) is 11.1 Å². The lowest BCUT2D eigenvalue weighted by atomic mass is 9.93. The second kappa shape index (κ2) is 7.84. The highest BCUT2D eigenvalue weighted by atomic mass is 19.4. The van der Waals surface area contributed by atoms with Crippen LogP contribution in [-0.2, 0) is 11.3 Å². The fourth-order valence-electron chi connectivity index (χ4n) is 3.88. The summed E-state index contributed by atoms with van der Waals surface area (Å²) < 4.78 is 45.9. The van der Waals surface area contributed by atoms with Gasteiger partial charge in [-0.3, -0.25) is 0 Å². The molecule has 10 heteroatoms. The van der Waals surface area contributed by atoms with E-state index in [1.807, 2.05) is 50.3 Å². The first kappa shape index (κ1) is 21.1. The predicted octanol–water partition coefficient (Wildman–Crippen LogP) is 3.67.